The van der Waals surface area contributed by atoms with Crippen molar-refractivity contribution < 1.29 is 14.3 Å². The topological polar surface area (TPSA) is 50.2 Å². The van der Waals surface area contributed by atoms with E-state index in [0.717, 1.165) is 0 Å². The first-order chi connectivity index (χ1) is 7.09. The van der Waals surface area contributed by atoms with Gasteiger partial charge >= 0.3 is 5.97 Å². The Bertz CT molecular complexity index is 556. The van der Waals surface area contributed by atoms with Crippen LogP contribution in [-0.4, -0.2) is 16.1 Å². The molecule has 0 unspecified atom stereocenters. The zero-order chi connectivity index (χ0) is 11.0. The Balaban J connectivity index is 2.88. The van der Waals surface area contributed by atoms with Crippen LogP contribution in [0.2, 0.25) is 5.15 Å². The van der Waals surface area contributed by atoms with E-state index in [1.165, 1.54) is 24.4 Å². The van der Waals surface area contributed by atoms with Crippen LogP contribution in [0, 0.1) is 5.82 Å². The van der Waals surface area contributed by atoms with Gasteiger partial charge in [0.25, 0.3) is 0 Å². The smallest absolute Gasteiger partial charge is 0.339 e. The first-order valence-electron chi connectivity index (χ1n) is 4.06. The molecular weight excluding hydrogens is 221 g/mol. The molecule has 0 fully saturated rings. The highest BCUT2D eigenvalue weighted by atomic mass is 35.5. The number of carbonyl (C=O) groups is 1. The number of aromatic nitrogens is 1. The predicted octanol–water partition coefficient (Wildman–Crippen LogP) is 2.73. The van der Waals surface area contributed by atoms with Crippen molar-refractivity contribution in [2.45, 2.75) is 0 Å². The lowest BCUT2D eigenvalue weighted by Gasteiger charge is -2.03. The summed E-state index contributed by atoms with van der Waals surface area (Å²) >= 11 is 5.65. The molecule has 3 nitrogen and oxygen atoms in total. The largest absolute Gasteiger partial charge is 0.478 e. The summed E-state index contributed by atoms with van der Waals surface area (Å²) in [5.74, 6) is -1.62. The van der Waals surface area contributed by atoms with Gasteiger partial charge in [-0.15, -0.1) is 0 Å². The minimum absolute atomic E-state index is 0.0957. The van der Waals surface area contributed by atoms with Gasteiger partial charge in [-0.25, -0.2) is 14.2 Å². The molecule has 0 saturated carbocycles. The molecule has 0 aliphatic heterocycles. The van der Waals surface area contributed by atoms with Crippen molar-refractivity contribution in [1.82, 2.24) is 4.98 Å². The molecule has 1 aromatic carbocycles. The number of hydrogen-bond donors (Lipinski definition) is 1. The van der Waals surface area contributed by atoms with E-state index in [2.05, 4.69) is 4.98 Å². The highest BCUT2D eigenvalue weighted by Crippen LogP contribution is 2.24. The van der Waals surface area contributed by atoms with Crippen LogP contribution in [0.5, 0.6) is 0 Å². The summed E-state index contributed by atoms with van der Waals surface area (Å²) in [6.07, 6.45) is 1.34. The number of pyridine rings is 1. The quantitative estimate of drug-likeness (QED) is 0.760. The fraction of sp³-hybridized carbons (Fsp3) is 0. The molecule has 5 heteroatoms. The fourth-order valence-corrected chi connectivity index (χ4v) is 1.60. The number of hydrogen-bond acceptors (Lipinski definition) is 2. The Kier molecular flexibility index (Phi) is 2.28. The van der Waals surface area contributed by atoms with Crippen LogP contribution in [0.3, 0.4) is 0 Å². The second kappa shape index (κ2) is 3.47. The molecule has 1 N–H and O–H groups in total. The summed E-state index contributed by atoms with van der Waals surface area (Å²) in [6, 6.07) is 3.78. The third kappa shape index (κ3) is 1.64. The van der Waals surface area contributed by atoms with Gasteiger partial charge in [0.05, 0.1) is 0 Å². The van der Waals surface area contributed by atoms with Crippen molar-refractivity contribution in [1.29, 1.82) is 0 Å². The summed E-state index contributed by atoms with van der Waals surface area (Å²) in [4.78, 5) is 14.6. The molecular formula is C10H5ClFNO2. The lowest BCUT2D eigenvalue weighted by atomic mass is 10.1. The Morgan fingerprint density at radius 3 is 2.87 bits per heavy atom. The van der Waals surface area contributed by atoms with Crippen LogP contribution in [0.25, 0.3) is 10.8 Å². The minimum atomic E-state index is -1.18. The Hall–Kier alpha value is -1.68. The van der Waals surface area contributed by atoms with E-state index in [-0.39, 0.29) is 10.7 Å². The van der Waals surface area contributed by atoms with Gasteiger partial charge in [0, 0.05) is 17.0 Å². The molecule has 0 spiro atoms. The summed E-state index contributed by atoms with van der Waals surface area (Å²) in [5.41, 5.74) is -0.103. The van der Waals surface area contributed by atoms with Gasteiger partial charge in [-0.3, -0.25) is 0 Å². The monoisotopic (exact) mass is 225 g/mol. The predicted molar refractivity (Wildman–Crippen MR) is 53.7 cm³/mol. The van der Waals surface area contributed by atoms with Gasteiger partial charge in [0.1, 0.15) is 16.5 Å². The van der Waals surface area contributed by atoms with Crippen molar-refractivity contribution in [2.24, 2.45) is 0 Å². The zero-order valence-electron chi connectivity index (χ0n) is 7.37. The highest BCUT2D eigenvalue weighted by molar-refractivity contribution is 6.33. The molecule has 0 amide bonds. The summed E-state index contributed by atoms with van der Waals surface area (Å²) < 4.78 is 12.9. The number of fused-ring (bicyclic) bond motifs is 1. The van der Waals surface area contributed by atoms with E-state index < -0.39 is 11.8 Å². The van der Waals surface area contributed by atoms with Crippen LogP contribution in [0.1, 0.15) is 10.4 Å². The maximum Gasteiger partial charge on any atom is 0.339 e. The van der Waals surface area contributed by atoms with Crippen LogP contribution < -0.4 is 0 Å². The van der Waals surface area contributed by atoms with Crippen LogP contribution in [0.4, 0.5) is 4.39 Å². The standard InChI is InChI=1S/C10H5ClFNO2/c11-9-8(10(14)15)7-2-1-6(12)3-5(7)4-13-9/h1-4H,(H,14,15). The van der Waals surface area contributed by atoms with E-state index in [1.54, 1.807) is 0 Å². The second-order valence-electron chi connectivity index (χ2n) is 2.96. The Morgan fingerprint density at radius 1 is 1.47 bits per heavy atom. The number of carboxylic acid groups (broad SMARTS) is 1. The molecule has 76 valence electrons. The van der Waals surface area contributed by atoms with E-state index in [0.29, 0.717) is 10.8 Å². The maximum absolute atomic E-state index is 12.9. The third-order valence-electron chi connectivity index (χ3n) is 2.02. The third-order valence-corrected chi connectivity index (χ3v) is 2.31. The molecule has 2 rings (SSSR count). The van der Waals surface area contributed by atoms with Gasteiger partial charge in [-0.1, -0.05) is 17.7 Å². The van der Waals surface area contributed by atoms with Crippen molar-refractivity contribution in [3.8, 4) is 0 Å². The van der Waals surface area contributed by atoms with Crippen molar-refractivity contribution in [2.75, 3.05) is 0 Å². The number of halogens is 2. The van der Waals surface area contributed by atoms with Crippen LogP contribution in [0.15, 0.2) is 24.4 Å². The molecule has 0 aliphatic rings. The average molecular weight is 226 g/mol. The molecule has 2 aromatic rings. The number of nitrogens with zero attached hydrogens (tertiary/aromatic N) is 1. The van der Waals surface area contributed by atoms with Crippen molar-refractivity contribution in [3.63, 3.8) is 0 Å². The molecule has 0 saturated heterocycles. The van der Waals surface area contributed by atoms with Gasteiger partial charge in [0.15, 0.2) is 0 Å². The van der Waals surface area contributed by atoms with E-state index in [4.69, 9.17) is 16.7 Å². The first-order valence-corrected chi connectivity index (χ1v) is 4.44. The maximum atomic E-state index is 12.9. The molecule has 1 heterocycles. The highest BCUT2D eigenvalue weighted by Gasteiger charge is 2.14. The Morgan fingerprint density at radius 2 is 2.20 bits per heavy atom. The van der Waals surface area contributed by atoms with Gasteiger partial charge in [-0.2, -0.15) is 0 Å². The van der Waals surface area contributed by atoms with E-state index >= 15 is 0 Å². The summed E-state index contributed by atoms with van der Waals surface area (Å²) in [7, 11) is 0. The van der Waals surface area contributed by atoms with Gasteiger partial charge < -0.3 is 5.11 Å². The molecule has 0 radical (unpaired) electrons. The normalized spacial score (nSPS) is 10.5. The molecule has 1 aromatic heterocycles. The molecule has 0 bridgehead atoms. The molecule has 0 aliphatic carbocycles. The first kappa shape index (κ1) is 9.86. The number of aromatic carboxylic acids is 1. The Labute approximate surface area is 89.1 Å². The zero-order valence-corrected chi connectivity index (χ0v) is 8.12. The average Bonchev–Trinajstić information content (AvgIpc) is 2.17. The summed E-state index contributed by atoms with van der Waals surface area (Å²) in [6.45, 7) is 0. The van der Waals surface area contributed by atoms with Crippen molar-refractivity contribution in [3.05, 3.63) is 40.9 Å². The van der Waals surface area contributed by atoms with Crippen LogP contribution >= 0.6 is 11.6 Å². The second-order valence-corrected chi connectivity index (χ2v) is 3.32. The summed E-state index contributed by atoms with van der Waals surface area (Å²) in [5, 5.41) is 9.61. The number of carboxylic acids is 1. The van der Waals surface area contributed by atoms with E-state index in [9.17, 15) is 9.18 Å². The SMILES string of the molecule is O=C(O)c1c(Cl)ncc2cc(F)ccc12. The lowest BCUT2D eigenvalue weighted by molar-refractivity contribution is 0.0699. The van der Waals surface area contributed by atoms with Gasteiger partial charge in [0.2, 0.25) is 0 Å². The number of benzene rings is 1. The number of rotatable bonds is 1. The molecule has 0 atom stereocenters. The minimum Gasteiger partial charge on any atom is -0.478 e. The van der Waals surface area contributed by atoms with E-state index in [1.807, 2.05) is 0 Å². The fourth-order valence-electron chi connectivity index (χ4n) is 1.37. The van der Waals surface area contributed by atoms with Crippen LogP contribution in [-0.2, 0) is 0 Å². The molecule has 15 heavy (non-hydrogen) atoms. The van der Waals surface area contributed by atoms with Crippen molar-refractivity contribution >= 4 is 28.3 Å². The lowest BCUT2D eigenvalue weighted by Crippen LogP contribution is -2.00. The van der Waals surface area contributed by atoms with Gasteiger partial charge in [-0.05, 0) is 12.1 Å².